The van der Waals surface area contributed by atoms with Crippen LogP contribution in [-0.2, 0) is 24.0 Å². The van der Waals surface area contributed by atoms with Gasteiger partial charge < -0.3 is 55.5 Å². The van der Waals surface area contributed by atoms with Crippen LogP contribution < -0.4 is 25.3 Å². The molecule has 12 heteroatoms. The van der Waals surface area contributed by atoms with E-state index in [0.717, 1.165) is 111 Å². The summed E-state index contributed by atoms with van der Waals surface area (Å²) in [4.78, 5) is 5.16. The molecule has 0 aromatic heterocycles. The number of nitrogens with two attached hydrogens (primary N) is 1. The predicted octanol–water partition coefficient (Wildman–Crippen LogP) is 9.46. The number of aromatic hydroxyl groups is 2. The second-order valence-corrected chi connectivity index (χ2v) is 24.1. The van der Waals surface area contributed by atoms with Crippen molar-refractivity contribution < 1.29 is 44.5 Å². The Morgan fingerprint density at radius 1 is 0.849 bits per heavy atom. The molecule has 13 atom stereocenters. The van der Waals surface area contributed by atoms with Gasteiger partial charge in [-0.25, -0.2) is 0 Å². The van der Waals surface area contributed by atoms with E-state index < -0.39 is 18.3 Å². The van der Waals surface area contributed by atoms with Crippen molar-refractivity contribution in [3.05, 3.63) is 88.5 Å². The molecule has 3 fully saturated rings. The summed E-state index contributed by atoms with van der Waals surface area (Å²) in [6.07, 6.45) is 18.6. The molecule has 2 saturated carbocycles. The van der Waals surface area contributed by atoms with Crippen LogP contribution in [0.2, 0.25) is 0 Å². The zero-order valence-electron chi connectivity index (χ0n) is 43.6. The maximum atomic E-state index is 12.5. The third-order valence-electron chi connectivity index (χ3n) is 19.7. The first-order valence-electron chi connectivity index (χ1n) is 28.0. The predicted molar refractivity (Wildman–Crippen MR) is 283 cm³/mol. The standard InChI is InChI=1S/C61H81N3O9/c1-5-35-22-38-10-9-37(35)23-44(66)30-61(16-6-15-60(61)17-19-71-20-18-60)33-64-59(62)63-31-40-11-7-36-8-12-41(32-65)54(40)58(36)73-52-27-39(13-14-48(52)67)57-50(69)28-47-51(72-57)29-53(70-4)56-46-25-43(21-34(2)3)49(68)26-42(46)24-45(38)55(47)56/h7,9-11,13-14,25-27,29,34-38,40-41,44-45,50,54,57-58,65-69H,5-6,8,12,15-24,28,30-33H2,1-4H3,(H3,62,63,64)/t35-,36+,37-,38-,40+,41-,44-,45-,50+,54-,57-,58+,61-/m0/s1. The molecule has 0 unspecified atom stereocenters. The maximum absolute atomic E-state index is 12.5. The molecule has 12 nitrogen and oxygen atoms in total. The number of aliphatic imine (C=N–C) groups is 1. The number of methoxy groups -OCH3 is 1. The highest BCUT2D eigenvalue weighted by molar-refractivity contribution is 5.84. The first-order valence-corrected chi connectivity index (χ1v) is 28.0. The zero-order valence-corrected chi connectivity index (χ0v) is 43.6. The van der Waals surface area contributed by atoms with Gasteiger partial charge in [0, 0.05) is 74.3 Å². The van der Waals surface area contributed by atoms with E-state index in [0.29, 0.717) is 85.1 Å². The summed E-state index contributed by atoms with van der Waals surface area (Å²) in [6.45, 7) is 9.14. The summed E-state index contributed by atoms with van der Waals surface area (Å²) >= 11 is 0. The number of guanidine groups is 1. The lowest BCUT2D eigenvalue weighted by Gasteiger charge is -2.49. The van der Waals surface area contributed by atoms with Gasteiger partial charge in [-0.05, 0) is 169 Å². The van der Waals surface area contributed by atoms with Crippen LogP contribution in [0.25, 0.3) is 11.1 Å². The number of benzene rings is 3. The summed E-state index contributed by atoms with van der Waals surface area (Å²) in [5.41, 5.74) is 13.5. The third-order valence-corrected chi connectivity index (χ3v) is 19.7. The summed E-state index contributed by atoms with van der Waals surface area (Å²) in [5, 5.41) is 62.2. The van der Waals surface area contributed by atoms with Crippen LogP contribution in [0.1, 0.15) is 131 Å². The number of nitrogens with one attached hydrogen (secondary N) is 1. The highest BCUT2D eigenvalue weighted by atomic mass is 16.5. The van der Waals surface area contributed by atoms with E-state index in [2.05, 4.69) is 56.5 Å². The maximum Gasteiger partial charge on any atom is 0.188 e. The van der Waals surface area contributed by atoms with E-state index >= 15 is 0 Å². The molecular weight excluding hydrogens is 919 g/mol. The smallest absolute Gasteiger partial charge is 0.188 e. The van der Waals surface area contributed by atoms with Gasteiger partial charge >= 0.3 is 0 Å². The minimum atomic E-state index is -0.919. The lowest BCUT2D eigenvalue weighted by molar-refractivity contribution is -0.0671. The zero-order chi connectivity index (χ0) is 50.8. The molecule has 14 rings (SSSR count). The van der Waals surface area contributed by atoms with Gasteiger partial charge in [-0.15, -0.1) is 0 Å². The lowest BCUT2D eigenvalue weighted by atomic mass is 9.58. The number of aliphatic hydroxyl groups is 3. The van der Waals surface area contributed by atoms with Gasteiger partial charge in [0.15, 0.2) is 17.5 Å². The molecule has 8 N–H and O–H groups in total. The van der Waals surface area contributed by atoms with Gasteiger partial charge in [-0.2, -0.15) is 0 Å². The van der Waals surface area contributed by atoms with E-state index in [1.807, 2.05) is 24.3 Å². The first-order chi connectivity index (χ1) is 35.3. The van der Waals surface area contributed by atoms with Crippen molar-refractivity contribution >= 4 is 5.96 Å². The number of fused-ring (bicyclic) bond motifs is 2. The van der Waals surface area contributed by atoms with E-state index in [1.165, 1.54) is 0 Å². The van der Waals surface area contributed by atoms with Crippen LogP contribution in [-0.4, -0.2) is 89.8 Å². The van der Waals surface area contributed by atoms with Crippen LogP contribution >= 0.6 is 0 Å². The third kappa shape index (κ3) is 9.22. The fraction of sp³-hybridized carbons (Fsp3) is 0.623. The average Bonchev–Trinajstić information content (AvgIpc) is 3.70. The average molecular weight is 1000 g/mol. The van der Waals surface area contributed by atoms with Crippen molar-refractivity contribution in [2.45, 2.75) is 141 Å². The number of rotatable bonds is 5. The van der Waals surface area contributed by atoms with Crippen LogP contribution in [0, 0.1) is 58.2 Å². The van der Waals surface area contributed by atoms with Gasteiger partial charge in [-0.1, -0.05) is 64.0 Å². The van der Waals surface area contributed by atoms with Crippen molar-refractivity contribution in [3.8, 4) is 39.9 Å². The molecule has 0 amide bonds. The molecule has 2 spiro atoms. The van der Waals surface area contributed by atoms with E-state index in [-0.39, 0.29) is 70.7 Å². The van der Waals surface area contributed by atoms with Crippen LogP contribution in [0.5, 0.6) is 28.7 Å². The molecule has 3 aromatic rings. The monoisotopic (exact) mass is 1000 g/mol. The summed E-state index contributed by atoms with van der Waals surface area (Å²) in [6, 6.07) is 11.4. The van der Waals surface area contributed by atoms with Gasteiger partial charge in [0.2, 0.25) is 0 Å². The Labute approximate surface area is 432 Å². The molecule has 394 valence electrons. The fourth-order valence-corrected chi connectivity index (χ4v) is 16.0. The first kappa shape index (κ1) is 50.4. The largest absolute Gasteiger partial charge is 0.508 e. The molecular formula is C61H81N3O9. The lowest BCUT2D eigenvalue weighted by Crippen LogP contribution is -2.51. The number of hydrogen-bond acceptors (Lipinski definition) is 12. The molecule has 3 aromatic carbocycles. The SMILES string of the molecule is CC[C@H]1C[C@@H]2C=C[C@H]1C[C@H](O)C[C@@]1(CCCC13CCOCC3)CN=C(N)NC[C@H]1C=C[C@@H]3CC[C@@H](CO)[C@H]1[C@@H]3Oc1cc(ccc1O)[C@@H]1Oc3cc(OC)c4c(c3C[C@H]1O)[C@H]2Cc1cc(O)c(CC(C)C)cc1-4. The Morgan fingerprint density at radius 3 is 2.41 bits per heavy atom. The van der Waals surface area contributed by atoms with Crippen molar-refractivity contribution in [3.63, 3.8) is 0 Å². The van der Waals surface area contributed by atoms with Gasteiger partial charge in [-0.3, -0.25) is 4.99 Å². The number of hydrogen-bond donors (Lipinski definition) is 7. The Hall–Kier alpha value is -4.75. The summed E-state index contributed by atoms with van der Waals surface area (Å²) in [7, 11) is 1.71. The van der Waals surface area contributed by atoms with E-state index in [9.17, 15) is 25.5 Å². The molecule has 6 heterocycles. The normalized spacial score (nSPS) is 34.5. The van der Waals surface area contributed by atoms with Crippen molar-refractivity contribution in [2.75, 3.05) is 40.0 Å². The molecule has 5 aliphatic carbocycles. The summed E-state index contributed by atoms with van der Waals surface area (Å²) < 4.78 is 26.3. The fourth-order valence-electron chi connectivity index (χ4n) is 16.0. The van der Waals surface area contributed by atoms with Crippen molar-refractivity contribution in [2.24, 2.45) is 68.9 Å². The number of phenols is 2. The van der Waals surface area contributed by atoms with Crippen molar-refractivity contribution in [1.29, 1.82) is 0 Å². The Kier molecular flexibility index (Phi) is 14.1. The minimum absolute atomic E-state index is 0.0000838. The topological polar surface area (TPSA) is 188 Å². The molecule has 0 radical (unpaired) electrons. The number of nitrogens with zero attached hydrogens (tertiary/aromatic N) is 1. The highest BCUT2D eigenvalue weighted by Crippen LogP contribution is 2.62. The van der Waals surface area contributed by atoms with Gasteiger partial charge in [0.1, 0.15) is 29.5 Å². The van der Waals surface area contributed by atoms with E-state index in [1.54, 1.807) is 13.2 Å². The summed E-state index contributed by atoms with van der Waals surface area (Å²) in [5.74, 6) is 3.38. The van der Waals surface area contributed by atoms with Crippen LogP contribution in [0.3, 0.4) is 0 Å². The van der Waals surface area contributed by atoms with Gasteiger partial charge in [0.05, 0.1) is 19.3 Å². The number of allylic oxidation sites excluding steroid dienone is 2. The second kappa shape index (κ2) is 20.4. The minimum Gasteiger partial charge on any atom is -0.508 e. The number of phenolic OH excluding ortho intramolecular Hbond substituents is 2. The van der Waals surface area contributed by atoms with Crippen LogP contribution in [0.4, 0.5) is 0 Å². The molecule has 12 bridgehead atoms. The molecule has 6 aliphatic heterocycles. The Morgan fingerprint density at radius 2 is 1.63 bits per heavy atom. The van der Waals surface area contributed by atoms with Gasteiger partial charge in [0.25, 0.3) is 0 Å². The van der Waals surface area contributed by atoms with E-state index in [4.69, 9.17) is 29.7 Å². The second-order valence-electron chi connectivity index (χ2n) is 24.1. The number of aliphatic hydroxyl groups excluding tert-OH is 3. The Bertz CT molecular complexity index is 2600. The highest BCUT2D eigenvalue weighted by Gasteiger charge is 2.56. The Balaban J connectivity index is 1.03. The molecule has 11 aliphatic rings. The quantitative estimate of drug-likeness (QED) is 0.121. The van der Waals surface area contributed by atoms with Crippen molar-refractivity contribution in [1.82, 2.24) is 5.32 Å². The van der Waals surface area contributed by atoms with Crippen LogP contribution in [0.15, 0.2) is 65.7 Å². The number of ether oxygens (including phenoxy) is 4. The molecule has 73 heavy (non-hydrogen) atoms. The molecule has 1 saturated heterocycles.